The first kappa shape index (κ1) is 23.4. The standard InChI is InChI=1S/C29H26N4O3/c1-4-36-29(35)26-19(3)32-18(2)25(28(34)33-14-13-30-17-33)27(26)22-11-8-12-24-23(22)15-21(16-31-24)20-9-6-5-7-10-20/h5-17,26-27H,4H2,1-3H3. The van der Waals surface area contributed by atoms with E-state index in [1.807, 2.05) is 61.7 Å². The number of imidazole rings is 1. The van der Waals surface area contributed by atoms with Gasteiger partial charge in [0.15, 0.2) is 0 Å². The minimum Gasteiger partial charge on any atom is -0.465 e. The first-order valence-corrected chi connectivity index (χ1v) is 11.9. The van der Waals surface area contributed by atoms with Crippen LogP contribution in [0.15, 0.2) is 95.8 Å². The number of aromatic nitrogens is 3. The van der Waals surface area contributed by atoms with Gasteiger partial charge in [0, 0.05) is 52.4 Å². The van der Waals surface area contributed by atoms with E-state index in [2.05, 4.69) is 16.0 Å². The Morgan fingerprint density at radius 3 is 2.56 bits per heavy atom. The lowest BCUT2D eigenvalue weighted by molar-refractivity contribution is -0.146. The molecule has 1 aliphatic rings. The molecule has 0 bridgehead atoms. The van der Waals surface area contributed by atoms with Crippen LogP contribution in [0.2, 0.25) is 0 Å². The fourth-order valence-corrected chi connectivity index (χ4v) is 4.94. The van der Waals surface area contributed by atoms with Gasteiger partial charge in [0.05, 0.1) is 12.1 Å². The maximum absolute atomic E-state index is 13.7. The van der Waals surface area contributed by atoms with E-state index in [4.69, 9.17) is 9.72 Å². The number of pyridine rings is 1. The van der Waals surface area contributed by atoms with Crippen molar-refractivity contribution in [2.24, 2.45) is 10.9 Å². The van der Waals surface area contributed by atoms with Crippen molar-refractivity contribution in [3.05, 3.63) is 96.3 Å². The van der Waals surface area contributed by atoms with Crippen LogP contribution in [-0.2, 0) is 9.53 Å². The van der Waals surface area contributed by atoms with E-state index in [1.54, 1.807) is 26.2 Å². The predicted octanol–water partition coefficient (Wildman–Crippen LogP) is 5.45. The lowest BCUT2D eigenvalue weighted by Crippen LogP contribution is -2.37. The van der Waals surface area contributed by atoms with Gasteiger partial charge in [-0.25, -0.2) is 4.98 Å². The molecular weight excluding hydrogens is 452 g/mol. The number of carbonyl (C=O) groups excluding carboxylic acids is 2. The number of esters is 1. The van der Waals surface area contributed by atoms with E-state index in [0.29, 0.717) is 17.0 Å². The largest absolute Gasteiger partial charge is 0.465 e. The lowest BCUT2D eigenvalue weighted by atomic mass is 9.74. The number of nitrogens with zero attached hydrogens (tertiary/aromatic N) is 4. The number of carbonyl (C=O) groups is 2. The minimum atomic E-state index is -0.748. The molecular formula is C29H26N4O3. The van der Waals surface area contributed by atoms with Crippen LogP contribution in [0.1, 0.15) is 37.0 Å². The highest BCUT2D eigenvalue weighted by atomic mass is 16.5. The molecule has 7 heteroatoms. The summed E-state index contributed by atoms with van der Waals surface area (Å²) in [6.45, 7) is 5.63. The Balaban J connectivity index is 1.76. The highest BCUT2D eigenvalue weighted by molar-refractivity contribution is 6.09. The van der Waals surface area contributed by atoms with Crippen molar-refractivity contribution in [2.75, 3.05) is 6.61 Å². The molecule has 4 aromatic rings. The zero-order valence-corrected chi connectivity index (χ0v) is 20.4. The summed E-state index contributed by atoms with van der Waals surface area (Å²) in [5.74, 6) is -2.03. The Hall–Kier alpha value is -4.39. The molecule has 0 aliphatic carbocycles. The van der Waals surface area contributed by atoms with E-state index in [-0.39, 0.29) is 12.5 Å². The quantitative estimate of drug-likeness (QED) is 0.356. The van der Waals surface area contributed by atoms with Crippen LogP contribution in [-0.4, -0.2) is 38.7 Å². The van der Waals surface area contributed by atoms with Crippen LogP contribution in [0.25, 0.3) is 22.0 Å². The number of hydrogen-bond donors (Lipinski definition) is 0. The third kappa shape index (κ3) is 4.13. The second kappa shape index (κ2) is 9.70. The zero-order valence-electron chi connectivity index (χ0n) is 20.4. The number of hydrogen-bond acceptors (Lipinski definition) is 6. The molecule has 0 saturated carbocycles. The van der Waals surface area contributed by atoms with E-state index < -0.39 is 17.8 Å². The molecule has 0 N–H and O–H groups in total. The highest BCUT2D eigenvalue weighted by Crippen LogP contribution is 2.43. The highest BCUT2D eigenvalue weighted by Gasteiger charge is 2.42. The summed E-state index contributed by atoms with van der Waals surface area (Å²) in [5.41, 5.74) is 5.21. The number of aliphatic imine (C=N–C) groups is 1. The van der Waals surface area contributed by atoms with Crippen LogP contribution in [0, 0.1) is 5.92 Å². The van der Waals surface area contributed by atoms with Crippen molar-refractivity contribution in [1.29, 1.82) is 0 Å². The van der Waals surface area contributed by atoms with Crippen LogP contribution in [0.4, 0.5) is 0 Å². The SMILES string of the molecule is CCOC(=O)C1C(C)=NC(C)=C(C(=O)n2ccnc2)C1c1cccc2ncc(-c3ccccc3)cc12. The lowest BCUT2D eigenvalue weighted by Gasteiger charge is -2.32. The van der Waals surface area contributed by atoms with E-state index in [1.165, 1.54) is 10.9 Å². The first-order valence-electron chi connectivity index (χ1n) is 11.9. The normalized spacial score (nSPS) is 17.7. The molecule has 2 atom stereocenters. The van der Waals surface area contributed by atoms with Crippen LogP contribution in [0.3, 0.4) is 0 Å². The fourth-order valence-electron chi connectivity index (χ4n) is 4.94. The Morgan fingerprint density at radius 2 is 1.83 bits per heavy atom. The molecule has 0 saturated heterocycles. The van der Waals surface area contributed by atoms with Crippen LogP contribution >= 0.6 is 0 Å². The third-order valence-corrected chi connectivity index (χ3v) is 6.54. The van der Waals surface area contributed by atoms with Gasteiger partial charge < -0.3 is 4.74 Å². The molecule has 2 unspecified atom stereocenters. The molecule has 2 aromatic carbocycles. The summed E-state index contributed by atoms with van der Waals surface area (Å²) in [5, 5.41) is 0.872. The van der Waals surface area contributed by atoms with Gasteiger partial charge in [-0.3, -0.25) is 24.1 Å². The fraction of sp³-hybridized carbons (Fsp3) is 0.207. The van der Waals surface area contributed by atoms with Crippen LogP contribution < -0.4 is 0 Å². The summed E-state index contributed by atoms with van der Waals surface area (Å²) in [7, 11) is 0. The summed E-state index contributed by atoms with van der Waals surface area (Å²) in [4.78, 5) is 40.4. The molecule has 0 radical (unpaired) electrons. The number of allylic oxidation sites excluding steroid dienone is 2. The molecule has 0 amide bonds. The van der Waals surface area contributed by atoms with E-state index in [9.17, 15) is 9.59 Å². The van der Waals surface area contributed by atoms with Crippen molar-refractivity contribution >= 4 is 28.5 Å². The van der Waals surface area contributed by atoms with Gasteiger partial charge in [-0.05, 0) is 44.0 Å². The minimum absolute atomic E-state index is 0.234. The molecule has 2 aromatic heterocycles. The number of fused-ring (bicyclic) bond motifs is 1. The summed E-state index contributed by atoms with van der Waals surface area (Å²) >= 11 is 0. The second-order valence-electron chi connectivity index (χ2n) is 8.74. The Labute approximate surface area is 209 Å². The third-order valence-electron chi connectivity index (χ3n) is 6.54. The molecule has 1 aliphatic heterocycles. The molecule has 0 spiro atoms. The number of ether oxygens (including phenoxy) is 1. The molecule has 5 rings (SSSR count). The maximum Gasteiger partial charge on any atom is 0.315 e. The Morgan fingerprint density at radius 1 is 1.03 bits per heavy atom. The van der Waals surface area contributed by atoms with Gasteiger partial charge >= 0.3 is 5.97 Å². The average Bonchev–Trinajstić information content (AvgIpc) is 3.43. The topological polar surface area (TPSA) is 86.4 Å². The summed E-state index contributed by atoms with van der Waals surface area (Å²) in [6.07, 6.45) is 6.46. The van der Waals surface area contributed by atoms with Crippen LogP contribution in [0.5, 0.6) is 0 Å². The number of benzene rings is 2. The summed E-state index contributed by atoms with van der Waals surface area (Å²) in [6, 6.07) is 17.9. The average molecular weight is 479 g/mol. The molecule has 36 heavy (non-hydrogen) atoms. The molecule has 180 valence electrons. The second-order valence-corrected chi connectivity index (χ2v) is 8.74. The predicted molar refractivity (Wildman–Crippen MR) is 139 cm³/mol. The zero-order chi connectivity index (χ0) is 25.2. The van der Waals surface area contributed by atoms with Crippen molar-refractivity contribution in [1.82, 2.24) is 14.5 Å². The maximum atomic E-state index is 13.7. The monoisotopic (exact) mass is 478 g/mol. The van der Waals surface area contributed by atoms with Gasteiger partial charge in [-0.15, -0.1) is 0 Å². The molecule has 0 fully saturated rings. The van der Waals surface area contributed by atoms with Gasteiger partial charge in [0.2, 0.25) is 0 Å². The van der Waals surface area contributed by atoms with Gasteiger partial charge in [0.1, 0.15) is 12.2 Å². The Bertz CT molecular complexity index is 1500. The molecule has 7 nitrogen and oxygen atoms in total. The number of rotatable bonds is 5. The van der Waals surface area contributed by atoms with Crippen molar-refractivity contribution < 1.29 is 14.3 Å². The first-order chi connectivity index (χ1) is 17.5. The van der Waals surface area contributed by atoms with Crippen molar-refractivity contribution in [3.8, 4) is 11.1 Å². The van der Waals surface area contributed by atoms with Gasteiger partial charge in [-0.1, -0.05) is 42.5 Å². The van der Waals surface area contributed by atoms with Gasteiger partial charge in [0.25, 0.3) is 5.91 Å². The van der Waals surface area contributed by atoms with Gasteiger partial charge in [-0.2, -0.15) is 0 Å². The van der Waals surface area contributed by atoms with E-state index in [0.717, 1.165) is 27.6 Å². The van der Waals surface area contributed by atoms with Crippen molar-refractivity contribution in [2.45, 2.75) is 26.7 Å². The smallest absolute Gasteiger partial charge is 0.315 e. The van der Waals surface area contributed by atoms with Crippen molar-refractivity contribution in [3.63, 3.8) is 0 Å². The summed E-state index contributed by atoms with van der Waals surface area (Å²) < 4.78 is 6.89. The Kier molecular flexibility index (Phi) is 6.29. The molecule has 3 heterocycles. The van der Waals surface area contributed by atoms with E-state index >= 15 is 0 Å².